The van der Waals surface area contributed by atoms with Crippen LogP contribution in [0, 0.1) is 0 Å². The van der Waals surface area contributed by atoms with E-state index in [1.165, 1.54) is 0 Å². The number of hydrogen-bond donors (Lipinski definition) is 0. The summed E-state index contributed by atoms with van der Waals surface area (Å²) in [7, 11) is 0. The minimum atomic E-state index is 0. The van der Waals surface area contributed by atoms with Crippen LogP contribution in [0.1, 0.15) is 26.2 Å². The smallest absolute Gasteiger partial charge is 0.139 e. The Kier molecular flexibility index (Phi) is 21.6. The second kappa shape index (κ2) is 12.6. The van der Waals surface area contributed by atoms with Gasteiger partial charge in [-0.3, -0.25) is 4.79 Å². The molecule has 10 heavy (non-hydrogen) atoms. The van der Waals surface area contributed by atoms with Crippen LogP contribution in [-0.4, -0.2) is 12.1 Å². The standard InChI is InChI=1S/C6H10O2.Ti.Zr/c1-2-3-6(8)4-5-7;;/h5H,2-4H2,1H3;;. The predicted octanol–water partition coefficient (Wildman–Crippen LogP) is 0.940. The van der Waals surface area contributed by atoms with Crippen LogP contribution in [-0.2, 0) is 57.5 Å². The molecule has 0 aliphatic carbocycles. The van der Waals surface area contributed by atoms with E-state index in [9.17, 15) is 9.59 Å². The van der Waals surface area contributed by atoms with Crippen molar-refractivity contribution in [3.8, 4) is 0 Å². The monoisotopic (exact) mass is 252 g/mol. The molecule has 0 radical (unpaired) electrons. The van der Waals surface area contributed by atoms with Gasteiger partial charge in [0, 0.05) is 54.3 Å². The van der Waals surface area contributed by atoms with Gasteiger partial charge in [-0.25, -0.2) is 0 Å². The van der Waals surface area contributed by atoms with Crippen molar-refractivity contribution in [1.29, 1.82) is 0 Å². The first-order valence-corrected chi connectivity index (χ1v) is 2.76. The second-order valence-electron chi connectivity index (χ2n) is 1.66. The Bertz CT molecular complexity index is 95.7. The van der Waals surface area contributed by atoms with Crippen molar-refractivity contribution >= 4 is 12.1 Å². The van der Waals surface area contributed by atoms with Gasteiger partial charge < -0.3 is 4.79 Å². The minimum Gasteiger partial charge on any atom is -0.303 e. The summed E-state index contributed by atoms with van der Waals surface area (Å²) in [6, 6.07) is 0. The van der Waals surface area contributed by atoms with E-state index in [0.29, 0.717) is 12.7 Å². The molecule has 0 amide bonds. The number of carbonyl (C=O) groups is 2. The van der Waals surface area contributed by atoms with Crippen molar-refractivity contribution in [2.45, 2.75) is 26.2 Å². The summed E-state index contributed by atoms with van der Waals surface area (Å²) in [5, 5.41) is 0. The summed E-state index contributed by atoms with van der Waals surface area (Å²) in [4.78, 5) is 20.1. The average Bonchev–Trinajstić information content (AvgIpc) is 1.68. The molecule has 0 aromatic rings. The summed E-state index contributed by atoms with van der Waals surface area (Å²) in [5.74, 6) is 0.0440. The summed E-state index contributed by atoms with van der Waals surface area (Å²) < 4.78 is 0. The molecule has 0 aromatic carbocycles. The van der Waals surface area contributed by atoms with Crippen molar-refractivity contribution in [2.24, 2.45) is 0 Å². The van der Waals surface area contributed by atoms with Crippen LogP contribution >= 0.6 is 0 Å². The Balaban J connectivity index is -0.000000245. The first-order chi connectivity index (χ1) is 3.81. The van der Waals surface area contributed by atoms with Crippen LogP contribution in [0.5, 0.6) is 0 Å². The van der Waals surface area contributed by atoms with Crippen LogP contribution in [0.3, 0.4) is 0 Å². The van der Waals surface area contributed by atoms with Crippen LogP contribution < -0.4 is 0 Å². The number of Topliss-reactive ketones (excluding diaryl/α,β-unsaturated/α-hetero) is 1. The van der Waals surface area contributed by atoms with Crippen molar-refractivity contribution in [3.63, 3.8) is 0 Å². The molecular formula is C6H10O2TiZr. The van der Waals surface area contributed by atoms with Gasteiger partial charge >= 0.3 is 0 Å². The molecule has 0 bridgehead atoms. The van der Waals surface area contributed by atoms with E-state index in [-0.39, 0.29) is 60.1 Å². The van der Waals surface area contributed by atoms with Crippen LogP contribution in [0.4, 0.5) is 0 Å². The van der Waals surface area contributed by atoms with Gasteiger partial charge in [-0.05, 0) is 6.42 Å². The molecule has 0 heterocycles. The maximum Gasteiger partial charge on any atom is 0.139 e. The fourth-order valence-electron chi connectivity index (χ4n) is 0.474. The Hall–Kier alpha value is 0.937. The Morgan fingerprint density at radius 2 is 2.00 bits per heavy atom. The summed E-state index contributed by atoms with van der Waals surface area (Å²) in [6.45, 7) is 1.92. The molecule has 54 valence electrons. The third kappa shape index (κ3) is 11.7. The van der Waals surface area contributed by atoms with Crippen molar-refractivity contribution < 1.29 is 57.5 Å². The number of rotatable bonds is 4. The number of aldehydes is 1. The summed E-state index contributed by atoms with van der Waals surface area (Å²) in [5.41, 5.74) is 0. The van der Waals surface area contributed by atoms with Crippen LogP contribution in [0.2, 0.25) is 0 Å². The van der Waals surface area contributed by atoms with E-state index in [2.05, 4.69) is 0 Å². The second-order valence-corrected chi connectivity index (χ2v) is 1.66. The van der Waals surface area contributed by atoms with Gasteiger partial charge in [-0.15, -0.1) is 0 Å². The molecule has 0 unspecified atom stereocenters. The summed E-state index contributed by atoms with van der Waals surface area (Å²) in [6.07, 6.45) is 2.12. The van der Waals surface area contributed by atoms with E-state index >= 15 is 0 Å². The Labute approximate surface area is 95.1 Å². The molecule has 0 saturated heterocycles. The third-order valence-electron chi connectivity index (χ3n) is 0.840. The molecular weight excluding hydrogens is 243 g/mol. The zero-order valence-corrected chi connectivity index (χ0v) is 10.0. The zero-order chi connectivity index (χ0) is 6.41. The minimum absolute atomic E-state index is 0. The molecule has 0 atom stereocenters. The van der Waals surface area contributed by atoms with Gasteiger partial charge in [0.05, 0.1) is 6.42 Å². The molecule has 0 N–H and O–H groups in total. The predicted molar refractivity (Wildman–Crippen MR) is 30.6 cm³/mol. The molecule has 0 fully saturated rings. The molecule has 0 rings (SSSR count). The van der Waals surface area contributed by atoms with E-state index in [1.807, 2.05) is 6.92 Å². The molecule has 2 nitrogen and oxygen atoms in total. The van der Waals surface area contributed by atoms with Gasteiger partial charge in [0.2, 0.25) is 0 Å². The quantitative estimate of drug-likeness (QED) is 0.424. The van der Waals surface area contributed by atoms with Gasteiger partial charge in [0.15, 0.2) is 0 Å². The molecule has 0 spiro atoms. The van der Waals surface area contributed by atoms with Crippen molar-refractivity contribution in [3.05, 3.63) is 0 Å². The SMILES string of the molecule is CCCC(=O)CC=O.[Ti].[Zr]. The van der Waals surface area contributed by atoms with Crippen LogP contribution in [0.25, 0.3) is 0 Å². The number of carbonyl (C=O) groups excluding carboxylic acids is 2. The summed E-state index contributed by atoms with van der Waals surface area (Å²) >= 11 is 0. The Morgan fingerprint density at radius 3 is 2.30 bits per heavy atom. The van der Waals surface area contributed by atoms with E-state index in [4.69, 9.17) is 0 Å². The number of ketones is 1. The van der Waals surface area contributed by atoms with E-state index < -0.39 is 0 Å². The maximum atomic E-state index is 10.4. The molecule has 0 aromatic heterocycles. The van der Waals surface area contributed by atoms with Crippen LogP contribution in [0.15, 0.2) is 0 Å². The largest absolute Gasteiger partial charge is 0.303 e. The van der Waals surface area contributed by atoms with E-state index in [1.54, 1.807) is 0 Å². The molecule has 0 aliphatic heterocycles. The topological polar surface area (TPSA) is 34.1 Å². The number of hydrogen-bond acceptors (Lipinski definition) is 2. The van der Waals surface area contributed by atoms with Gasteiger partial charge in [-0.2, -0.15) is 0 Å². The zero-order valence-electron chi connectivity index (χ0n) is 6.02. The Morgan fingerprint density at radius 1 is 1.50 bits per heavy atom. The normalized spacial score (nSPS) is 6.90. The first-order valence-electron chi connectivity index (χ1n) is 2.76. The van der Waals surface area contributed by atoms with Gasteiger partial charge in [0.25, 0.3) is 0 Å². The van der Waals surface area contributed by atoms with E-state index in [0.717, 1.165) is 6.42 Å². The van der Waals surface area contributed by atoms with Gasteiger partial charge in [-0.1, -0.05) is 6.92 Å². The van der Waals surface area contributed by atoms with Crippen molar-refractivity contribution in [1.82, 2.24) is 0 Å². The fourth-order valence-corrected chi connectivity index (χ4v) is 0.474. The maximum absolute atomic E-state index is 10.4. The average molecular weight is 253 g/mol. The molecule has 0 aliphatic rings. The van der Waals surface area contributed by atoms with Crippen molar-refractivity contribution in [2.75, 3.05) is 0 Å². The fraction of sp³-hybridized carbons (Fsp3) is 0.667. The first kappa shape index (κ1) is 17.1. The molecule has 0 saturated carbocycles. The van der Waals surface area contributed by atoms with Gasteiger partial charge in [0.1, 0.15) is 12.1 Å². The third-order valence-corrected chi connectivity index (χ3v) is 0.840. The molecule has 4 heteroatoms.